The summed E-state index contributed by atoms with van der Waals surface area (Å²) in [5, 5.41) is 6.00. The number of likely N-dealkylation sites (N-methyl/N-ethyl adjacent to an activating group) is 1. The van der Waals surface area contributed by atoms with E-state index < -0.39 is 6.09 Å². The fourth-order valence-corrected chi connectivity index (χ4v) is 4.47. The molecule has 2 heterocycles. The Bertz CT molecular complexity index is 1140. The number of amides is 2. The molecule has 1 aliphatic heterocycles. The summed E-state index contributed by atoms with van der Waals surface area (Å²) >= 11 is 0. The standard InChI is InChI=1S/C28H35N5O3/c1-29-19-21-18-26(30-20-21)27(34)32(2)16-17-33-14-12-23(13-15-33)36-28(35)31-25-11-7-6-10-24(25)22-8-4-3-5-9-22/h3-11,18,20,23,29-30H,12-17,19H2,1-2H3,(H,31,35). The highest BCUT2D eigenvalue weighted by Gasteiger charge is 2.23. The van der Waals surface area contributed by atoms with Gasteiger partial charge in [-0.15, -0.1) is 0 Å². The van der Waals surface area contributed by atoms with Gasteiger partial charge >= 0.3 is 6.09 Å². The van der Waals surface area contributed by atoms with Crippen molar-refractivity contribution in [2.75, 3.05) is 45.6 Å². The number of aromatic nitrogens is 1. The van der Waals surface area contributed by atoms with Gasteiger partial charge in [0.25, 0.3) is 5.91 Å². The Morgan fingerprint density at radius 3 is 2.56 bits per heavy atom. The molecule has 2 aromatic carbocycles. The Kier molecular flexibility index (Phi) is 8.76. The van der Waals surface area contributed by atoms with Crippen LogP contribution in [-0.4, -0.2) is 73.2 Å². The third kappa shape index (κ3) is 6.74. The number of ether oxygens (including phenoxy) is 1. The first-order valence-corrected chi connectivity index (χ1v) is 12.5. The predicted octanol–water partition coefficient (Wildman–Crippen LogP) is 4.19. The highest BCUT2D eigenvalue weighted by molar-refractivity contribution is 5.92. The number of likely N-dealkylation sites (tertiary alicyclic amines) is 1. The van der Waals surface area contributed by atoms with Crippen molar-refractivity contribution in [2.24, 2.45) is 0 Å². The van der Waals surface area contributed by atoms with E-state index in [0.717, 1.165) is 61.4 Å². The maximum absolute atomic E-state index is 12.7. The zero-order valence-electron chi connectivity index (χ0n) is 21.0. The summed E-state index contributed by atoms with van der Waals surface area (Å²) in [4.78, 5) is 32.4. The van der Waals surface area contributed by atoms with Crippen LogP contribution >= 0.6 is 0 Å². The van der Waals surface area contributed by atoms with Gasteiger partial charge in [-0.3, -0.25) is 10.1 Å². The van der Waals surface area contributed by atoms with E-state index in [0.29, 0.717) is 12.2 Å². The van der Waals surface area contributed by atoms with E-state index in [-0.39, 0.29) is 12.0 Å². The normalized spacial score (nSPS) is 14.4. The number of benzene rings is 2. The third-order valence-electron chi connectivity index (χ3n) is 6.51. The first-order valence-electron chi connectivity index (χ1n) is 12.5. The topological polar surface area (TPSA) is 89.7 Å². The average molecular weight is 490 g/mol. The molecule has 0 bridgehead atoms. The average Bonchev–Trinajstić information content (AvgIpc) is 3.37. The number of piperidine rings is 1. The van der Waals surface area contributed by atoms with Crippen LogP contribution < -0.4 is 10.6 Å². The molecule has 2 amide bonds. The second-order valence-corrected chi connectivity index (χ2v) is 9.16. The van der Waals surface area contributed by atoms with Gasteiger partial charge in [-0.25, -0.2) is 4.79 Å². The van der Waals surface area contributed by atoms with Crippen molar-refractivity contribution >= 4 is 17.7 Å². The van der Waals surface area contributed by atoms with Crippen LogP contribution in [0.3, 0.4) is 0 Å². The second-order valence-electron chi connectivity index (χ2n) is 9.16. The maximum Gasteiger partial charge on any atom is 0.411 e. The van der Waals surface area contributed by atoms with Crippen molar-refractivity contribution in [3.05, 3.63) is 78.1 Å². The van der Waals surface area contributed by atoms with Crippen LogP contribution in [0.25, 0.3) is 11.1 Å². The molecule has 0 saturated carbocycles. The quantitative estimate of drug-likeness (QED) is 0.420. The highest BCUT2D eigenvalue weighted by Crippen LogP contribution is 2.28. The molecule has 4 rings (SSSR count). The van der Waals surface area contributed by atoms with Gasteiger partial charge in [0.05, 0.1) is 5.69 Å². The third-order valence-corrected chi connectivity index (χ3v) is 6.51. The number of nitrogens with one attached hydrogen (secondary N) is 3. The van der Waals surface area contributed by atoms with E-state index in [1.807, 2.05) is 81.0 Å². The molecule has 1 fully saturated rings. The van der Waals surface area contributed by atoms with Crippen LogP contribution in [0.4, 0.5) is 10.5 Å². The summed E-state index contributed by atoms with van der Waals surface area (Å²) < 4.78 is 5.73. The van der Waals surface area contributed by atoms with Crippen molar-refractivity contribution in [3.8, 4) is 11.1 Å². The Hall–Kier alpha value is -3.62. The lowest BCUT2D eigenvalue weighted by Crippen LogP contribution is -2.42. The number of aromatic amines is 1. The van der Waals surface area contributed by atoms with Crippen LogP contribution in [0.5, 0.6) is 0 Å². The van der Waals surface area contributed by atoms with Crippen LogP contribution in [0, 0.1) is 0 Å². The molecule has 1 aliphatic rings. The van der Waals surface area contributed by atoms with Gasteiger partial charge in [0, 0.05) is 51.5 Å². The number of para-hydroxylation sites is 1. The van der Waals surface area contributed by atoms with E-state index in [9.17, 15) is 9.59 Å². The summed E-state index contributed by atoms with van der Waals surface area (Å²) in [7, 11) is 3.71. The fourth-order valence-electron chi connectivity index (χ4n) is 4.47. The van der Waals surface area contributed by atoms with E-state index >= 15 is 0 Å². The molecular formula is C28H35N5O3. The van der Waals surface area contributed by atoms with E-state index in [1.54, 1.807) is 4.90 Å². The lowest BCUT2D eigenvalue weighted by molar-refractivity contribution is 0.0539. The van der Waals surface area contributed by atoms with Crippen LogP contribution in [0.15, 0.2) is 66.9 Å². The van der Waals surface area contributed by atoms with Crippen molar-refractivity contribution in [3.63, 3.8) is 0 Å². The minimum atomic E-state index is -0.425. The molecule has 0 spiro atoms. The van der Waals surface area contributed by atoms with Crippen LogP contribution in [0.2, 0.25) is 0 Å². The van der Waals surface area contributed by atoms with Crippen molar-refractivity contribution in [1.29, 1.82) is 0 Å². The number of hydrogen-bond donors (Lipinski definition) is 3. The molecule has 0 aliphatic carbocycles. The zero-order chi connectivity index (χ0) is 25.3. The van der Waals surface area contributed by atoms with Gasteiger partial charge in [0.15, 0.2) is 0 Å². The summed E-state index contributed by atoms with van der Waals surface area (Å²) in [5.74, 6) is -0.0111. The molecule has 3 aromatic rings. The molecule has 1 aromatic heterocycles. The molecular weight excluding hydrogens is 454 g/mol. The highest BCUT2D eigenvalue weighted by atomic mass is 16.6. The number of carbonyl (C=O) groups excluding carboxylic acids is 2. The number of nitrogens with zero attached hydrogens (tertiary/aromatic N) is 2. The number of rotatable bonds is 9. The molecule has 190 valence electrons. The van der Waals surface area contributed by atoms with Crippen molar-refractivity contribution < 1.29 is 14.3 Å². The molecule has 8 heteroatoms. The number of H-pyrrole nitrogens is 1. The van der Waals surface area contributed by atoms with Gasteiger partial charge in [-0.1, -0.05) is 48.5 Å². The monoisotopic (exact) mass is 489 g/mol. The molecule has 8 nitrogen and oxygen atoms in total. The minimum Gasteiger partial charge on any atom is -0.446 e. The second kappa shape index (κ2) is 12.4. The summed E-state index contributed by atoms with van der Waals surface area (Å²) in [6, 6.07) is 19.6. The van der Waals surface area contributed by atoms with Gasteiger partial charge in [-0.05, 0) is 43.1 Å². The van der Waals surface area contributed by atoms with Crippen molar-refractivity contribution in [2.45, 2.75) is 25.5 Å². The predicted molar refractivity (Wildman–Crippen MR) is 142 cm³/mol. The Morgan fingerprint density at radius 2 is 1.81 bits per heavy atom. The first kappa shape index (κ1) is 25.5. The first-order chi connectivity index (χ1) is 17.5. The minimum absolute atomic E-state index is 0.0111. The number of hydrogen-bond acceptors (Lipinski definition) is 5. The van der Waals surface area contributed by atoms with Gasteiger partial charge in [0.2, 0.25) is 0 Å². The lowest BCUT2D eigenvalue weighted by Gasteiger charge is -2.32. The number of carbonyl (C=O) groups is 2. The molecule has 0 atom stereocenters. The summed E-state index contributed by atoms with van der Waals surface area (Å²) in [6.07, 6.45) is 2.86. The molecule has 3 N–H and O–H groups in total. The van der Waals surface area contributed by atoms with E-state index in [2.05, 4.69) is 20.5 Å². The van der Waals surface area contributed by atoms with Crippen molar-refractivity contribution in [1.82, 2.24) is 20.1 Å². The van der Waals surface area contributed by atoms with Crippen LogP contribution in [-0.2, 0) is 11.3 Å². The summed E-state index contributed by atoms with van der Waals surface area (Å²) in [6.45, 7) is 3.81. The lowest BCUT2D eigenvalue weighted by atomic mass is 10.0. The number of anilines is 1. The van der Waals surface area contributed by atoms with Gasteiger partial charge < -0.3 is 24.8 Å². The van der Waals surface area contributed by atoms with Gasteiger partial charge in [-0.2, -0.15) is 0 Å². The van der Waals surface area contributed by atoms with Gasteiger partial charge in [0.1, 0.15) is 11.8 Å². The van der Waals surface area contributed by atoms with E-state index in [4.69, 9.17) is 4.74 Å². The molecule has 0 unspecified atom stereocenters. The summed E-state index contributed by atoms with van der Waals surface area (Å²) in [5.41, 5.74) is 4.40. The fraction of sp³-hybridized carbons (Fsp3) is 0.357. The molecule has 0 radical (unpaired) electrons. The Morgan fingerprint density at radius 1 is 1.08 bits per heavy atom. The Labute approximate surface area is 212 Å². The molecule has 1 saturated heterocycles. The van der Waals surface area contributed by atoms with E-state index in [1.165, 1.54) is 0 Å². The zero-order valence-corrected chi connectivity index (χ0v) is 21.0. The largest absolute Gasteiger partial charge is 0.446 e. The Balaban J connectivity index is 1.20. The van der Waals surface area contributed by atoms with Crippen LogP contribution in [0.1, 0.15) is 28.9 Å². The molecule has 36 heavy (non-hydrogen) atoms. The smallest absolute Gasteiger partial charge is 0.411 e. The maximum atomic E-state index is 12.7. The SMILES string of the molecule is CNCc1c[nH]c(C(=O)N(C)CCN2CCC(OC(=O)Nc3ccccc3-c3ccccc3)CC2)c1.